The van der Waals surface area contributed by atoms with Gasteiger partial charge in [-0.2, -0.15) is 0 Å². The van der Waals surface area contributed by atoms with Crippen molar-refractivity contribution in [3.63, 3.8) is 0 Å². The van der Waals surface area contributed by atoms with E-state index in [0.29, 0.717) is 6.42 Å². The molecule has 2 N–H and O–H groups in total. The van der Waals surface area contributed by atoms with Gasteiger partial charge in [0, 0.05) is 19.6 Å². The summed E-state index contributed by atoms with van der Waals surface area (Å²) in [4.78, 5) is 16.1. The summed E-state index contributed by atoms with van der Waals surface area (Å²) in [6.45, 7) is 6.76. The predicted octanol–water partition coefficient (Wildman–Crippen LogP) is 0.857. The molecule has 1 aliphatic heterocycles. The van der Waals surface area contributed by atoms with Crippen LogP contribution in [0.1, 0.15) is 32.6 Å². The molecule has 112 valence electrons. The molecule has 0 aromatic heterocycles. The first-order chi connectivity index (χ1) is 9.00. The fourth-order valence-electron chi connectivity index (χ4n) is 2.72. The molecule has 5 heteroatoms. The molecule has 5 nitrogen and oxygen atoms in total. The van der Waals surface area contributed by atoms with Gasteiger partial charge in [-0.05, 0) is 52.9 Å². The molecular formula is C14H29N3O2. The molecule has 1 fully saturated rings. The van der Waals surface area contributed by atoms with Crippen LogP contribution in [0.3, 0.4) is 0 Å². The van der Waals surface area contributed by atoms with Crippen LogP contribution in [0.2, 0.25) is 0 Å². The highest BCUT2D eigenvalue weighted by molar-refractivity contribution is 5.78. The zero-order valence-electron chi connectivity index (χ0n) is 12.6. The van der Waals surface area contributed by atoms with Crippen molar-refractivity contribution < 1.29 is 9.90 Å². The summed E-state index contributed by atoms with van der Waals surface area (Å²) >= 11 is 0. The Bertz CT molecular complexity index is 284. The summed E-state index contributed by atoms with van der Waals surface area (Å²) in [5.74, 6) is -0.690. The summed E-state index contributed by atoms with van der Waals surface area (Å²) in [6, 6.07) is 0. The lowest BCUT2D eigenvalue weighted by Crippen LogP contribution is -2.54. The van der Waals surface area contributed by atoms with Gasteiger partial charge < -0.3 is 20.2 Å². The molecule has 1 heterocycles. The van der Waals surface area contributed by atoms with Crippen LogP contribution in [-0.4, -0.2) is 73.2 Å². The highest BCUT2D eigenvalue weighted by Crippen LogP contribution is 2.23. The van der Waals surface area contributed by atoms with Crippen LogP contribution in [0.5, 0.6) is 0 Å². The van der Waals surface area contributed by atoms with E-state index in [2.05, 4.69) is 22.0 Å². The van der Waals surface area contributed by atoms with E-state index >= 15 is 0 Å². The lowest BCUT2D eigenvalue weighted by atomic mass is 9.90. The Morgan fingerprint density at radius 2 is 2.11 bits per heavy atom. The number of likely N-dealkylation sites (tertiary alicyclic amines) is 1. The molecule has 0 aliphatic carbocycles. The number of carboxylic acids is 1. The summed E-state index contributed by atoms with van der Waals surface area (Å²) in [5.41, 5.74) is -0.724. The third kappa shape index (κ3) is 5.09. The second-order valence-electron chi connectivity index (χ2n) is 5.81. The lowest BCUT2D eigenvalue weighted by molar-refractivity contribution is -0.145. The van der Waals surface area contributed by atoms with Crippen molar-refractivity contribution in [2.24, 2.45) is 0 Å². The van der Waals surface area contributed by atoms with Crippen LogP contribution < -0.4 is 5.32 Å². The molecule has 1 aliphatic rings. The SMILES string of the molecule is CCCN1CCCC(NCCN(C)C)(C(=O)O)CC1. The van der Waals surface area contributed by atoms with E-state index in [1.54, 1.807) is 0 Å². The van der Waals surface area contributed by atoms with Crippen LogP contribution in [0, 0.1) is 0 Å². The smallest absolute Gasteiger partial charge is 0.323 e. The van der Waals surface area contributed by atoms with Gasteiger partial charge in [0.2, 0.25) is 0 Å². The van der Waals surface area contributed by atoms with Crippen LogP contribution in [0.15, 0.2) is 0 Å². The molecule has 1 saturated heterocycles. The minimum Gasteiger partial charge on any atom is -0.480 e. The zero-order valence-corrected chi connectivity index (χ0v) is 12.6. The lowest BCUT2D eigenvalue weighted by Gasteiger charge is -2.30. The first kappa shape index (κ1) is 16.4. The molecule has 0 aromatic carbocycles. The van der Waals surface area contributed by atoms with Gasteiger partial charge in [0.25, 0.3) is 0 Å². The Morgan fingerprint density at radius 1 is 1.37 bits per heavy atom. The third-order valence-electron chi connectivity index (χ3n) is 3.90. The Balaban J connectivity index is 2.58. The summed E-state index contributed by atoms with van der Waals surface area (Å²) in [6.07, 6.45) is 3.53. The summed E-state index contributed by atoms with van der Waals surface area (Å²) < 4.78 is 0. The Kier molecular flexibility index (Phi) is 6.75. The minimum atomic E-state index is -0.724. The number of carboxylic acid groups (broad SMARTS) is 1. The van der Waals surface area contributed by atoms with Gasteiger partial charge >= 0.3 is 5.97 Å². The van der Waals surface area contributed by atoms with Crippen molar-refractivity contribution >= 4 is 5.97 Å². The van der Waals surface area contributed by atoms with Crippen molar-refractivity contribution in [1.29, 1.82) is 0 Å². The van der Waals surface area contributed by atoms with Crippen LogP contribution in [-0.2, 0) is 4.79 Å². The van der Waals surface area contributed by atoms with E-state index in [4.69, 9.17) is 0 Å². The molecule has 1 atom stereocenters. The van der Waals surface area contributed by atoms with Gasteiger partial charge in [0.15, 0.2) is 0 Å². The second kappa shape index (κ2) is 7.82. The Morgan fingerprint density at radius 3 is 2.68 bits per heavy atom. The maximum absolute atomic E-state index is 11.7. The Labute approximate surface area is 117 Å². The van der Waals surface area contributed by atoms with E-state index in [9.17, 15) is 9.90 Å². The van der Waals surface area contributed by atoms with Crippen LogP contribution >= 0.6 is 0 Å². The van der Waals surface area contributed by atoms with E-state index in [1.807, 2.05) is 14.1 Å². The Hall–Kier alpha value is -0.650. The topological polar surface area (TPSA) is 55.8 Å². The number of hydrogen-bond donors (Lipinski definition) is 2. The largest absolute Gasteiger partial charge is 0.480 e. The average molecular weight is 271 g/mol. The molecule has 0 amide bonds. The molecule has 0 saturated carbocycles. The molecular weight excluding hydrogens is 242 g/mol. The summed E-state index contributed by atoms with van der Waals surface area (Å²) in [7, 11) is 4.01. The number of likely N-dealkylation sites (N-methyl/N-ethyl adjacent to an activating group) is 1. The van der Waals surface area contributed by atoms with Crippen molar-refractivity contribution in [1.82, 2.24) is 15.1 Å². The second-order valence-corrected chi connectivity index (χ2v) is 5.81. The van der Waals surface area contributed by atoms with Crippen molar-refractivity contribution in [2.75, 3.05) is 46.8 Å². The minimum absolute atomic E-state index is 0.690. The standard InChI is InChI=1S/C14H29N3O2/c1-4-9-17-10-5-6-14(7-11-17,13(18)19)15-8-12-16(2)3/h15H,4-12H2,1-3H3,(H,18,19). The van der Waals surface area contributed by atoms with Gasteiger partial charge in [0.1, 0.15) is 5.54 Å². The van der Waals surface area contributed by atoms with Gasteiger partial charge in [-0.15, -0.1) is 0 Å². The molecule has 19 heavy (non-hydrogen) atoms. The fourth-order valence-corrected chi connectivity index (χ4v) is 2.72. The summed E-state index contributed by atoms with van der Waals surface area (Å²) in [5, 5.41) is 12.9. The zero-order chi connectivity index (χ0) is 14.3. The van der Waals surface area contributed by atoms with Gasteiger partial charge in [0.05, 0.1) is 0 Å². The van der Waals surface area contributed by atoms with Crippen LogP contribution in [0.4, 0.5) is 0 Å². The number of nitrogens with zero attached hydrogens (tertiary/aromatic N) is 2. The first-order valence-corrected chi connectivity index (χ1v) is 7.35. The normalized spacial score (nSPS) is 25.5. The van der Waals surface area contributed by atoms with E-state index in [-0.39, 0.29) is 0 Å². The van der Waals surface area contributed by atoms with E-state index in [0.717, 1.165) is 52.0 Å². The number of nitrogens with one attached hydrogen (secondary N) is 1. The maximum atomic E-state index is 11.7. The molecule has 0 bridgehead atoms. The van der Waals surface area contributed by atoms with Crippen molar-refractivity contribution in [3.05, 3.63) is 0 Å². The molecule has 0 spiro atoms. The average Bonchev–Trinajstić information content (AvgIpc) is 2.53. The fraction of sp³-hybridized carbons (Fsp3) is 0.929. The van der Waals surface area contributed by atoms with E-state index in [1.165, 1.54) is 0 Å². The van der Waals surface area contributed by atoms with Crippen molar-refractivity contribution in [2.45, 2.75) is 38.1 Å². The molecule has 0 radical (unpaired) electrons. The monoisotopic (exact) mass is 271 g/mol. The first-order valence-electron chi connectivity index (χ1n) is 7.35. The third-order valence-corrected chi connectivity index (χ3v) is 3.90. The molecule has 1 unspecified atom stereocenters. The highest BCUT2D eigenvalue weighted by atomic mass is 16.4. The van der Waals surface area contributed by atoms with Crippen LogP contribution in [0.25, 0.3) is 0 Å². The number of carbonyl (C=O) groups is 1. The van der Waals surface area contributed by atoms with Gasteiger partial charge in [-0.3, -0.25) is 4.79 Å². The highest BCUT2D eigenvalue weighted by Gasteiger charge is 2.39. The van der Waals surface area contributed by atoms with Crippen molar-refractivity contribution in [3.8, 4) is 0 Å². The number of aliphatic carboxylic acids is 1. The number of hydrogen-bond acceptors (Lipinski definition) is 4. The molecule has 0 aromatic rings. The van der Waals surface area contributed by atoms with Gasteiger partial charge in [-0.25, -0.2) is 0 Å². The van der Waals surface area contributed by atoms with Gasteiger partial charge in [-0.1, -0.05) is 6.92 Å². The number of rotatable bonds is 7. The predicted molar refractivity (Wildman–Crippen MR) is 77.5 cm³/mol. The molecule has 1 rings (SSSR count). The van der Waals surface area contributed by atoms with E-state index < -0.39 is 11.5 Å². The quantitative estimate of drug-likeness (QED) is 0.719. The maximum Gasteiger partial charge on any atom is 0.323 e.